The summed E-state index contributed by atoms with van der Waals surface area (Å²) in [5, 5.41) is 0. The van der Waals surface area contributed by atoms with Crippen molar-refractivity contribution in [2.24, 2.45) is 35.5 Å². The lowest BCUT2D eigenvalue weighted by molar-refractivity contribution is -0.124. The lowest BCUT2D eigenvalue weighted by Crippen LogP contribution is -2.40. The Labute approximate surface area is 182 Å². The molecule has 2 aromatic rings. The van der Waals surface area contributed by atoms with Crippen LogP contribution in [-0.2, 0) is 9.59 Å². The summed E-state index contributed by atoms with van der Waals surface area (Å²) < 4.78 is 6.18. The summed E-state index contributed by atoms with van der Waals surface area (Å²) in [4.78, 5) is 28.0. The highest BCUT2D eigenvalue weighted by atomic mass is 16.5. The smallest absolute Gasteiger partial charge is 0.238 e. The molecule has 1 saturated heterocycles. The molecule has 2 bridgehead atoms. The van der Waals surface area contributed by atoms with Gasteiger partial charge in [-0.05, 0) is 84.4 Å². The van der Waals surface area contributed by atoms with Crippen molar-refractivity contribution < 1.29 is 14.3 Å². The van der Waals surface area contributed by atoms with Crippen molar-refractivity contribution in [2.75, 3.05) is 4.90 Å². The van der Waals surface area contributed by atoms with Gasteiger partial charge < -0.3 is 4.74 Å². The van der Waals surface area contributed by atoms with E-state index in [9.17, 15) is 9.59 Å². The molecule has 2 amide bonds. The van der Waals surface area contributed by atoms with Crippen molar-refractivity contribution in [3.8, 4) is 11.5 Å². The molecular weight excluding hydrogens is 386 g/mol. The number of carbonyl (C=O) groups is 2. The first-order chi connectivity index (χ1) is 14.9. The van der Waals surface area contributed by atoms with Crippen LogP contribution in [0.25, 0.3) is 0 Å². The first-order valence-electron chi connectivity index (χ1n) is 11.4. The number of benzene rings is 2. The van der Waals surface area contributed by atoms with Crippen LogP contribution in [0.15, 0.2) is 54.6 Å². The van der Waals surface area contributed by atoms with E-state index in [4.69, 9.17) is 4.74 Å². The fourth-order valence-corrected chi connectivity index (χ4v) is 6.21. The van der Waals surface area contributed by atoms with Crippen LogP contribution in [0.5, 0.6) is 11.5 Å². The summed E-state index contributed by atoms with van der Waals surface area (Å²) in [6, 6.07) is 13.6. The van der Waals surface area contributed by atoms with Crippen molar-refractivity contribution in [1.82, 2.24) is 0 Å². The molecule has 4 heteroatoms. The molecule has 0 aromatic heterocycles. The number of rotatable bonds is 4. The van der Waals surface area contributed by atoms with E-state index in [0.717, 1.165) is 16.9 Å². The number of anilines is 1. The first kappa shape index (κ1) is 18.9. The zero-order valence-electron chi connectivity index (χ0n) is 18.1. The summed E-state index contributed by atoms with van der Waals surface area (Å²) in [6.45, 7) is 6.35. The summed E-state index contributed by atoms with van der Waals surface area (Å²) >= 11 is 0. The minimum Gasteiger partial charge on any atom is -0.457 e. The zero-order chi connectivity index (χ0) is 21.4. The molecule has 158 valence electrons. The van der Waals surface area contributed by atoms with Crippen molar-refractivity contribution in [3.63, 3.8) is 0 Å². The minimum atomic E-state index is -0.164. The molecule has 2 aromatic carbocycles. The third kappa shape index (κ3) is 2.73. The van der Waals surface area contributed by atoms with Crippen LogP contribution in [0, 0.1) is 42.4 Å². The molecule has 0 radical (unpaired) electrons. The van der Waals surface area contributed by atoms with Crippen LogP contribution in [0.3, 0.4) is 0 Å². The number of carbonyl (C=O) groups excluding carboxylic acids is 2. The Morgan fingerprint density at radius 2 is 1.52 bits per heavy atom. The maximum atomic E-state index is 13.3. The van der Waals surface area contributed by atoms with Gasteiger partial charge in [0.15, 0.2) is 0 Å². The number of allylic oxidation sites excluding steroid dienone is 2. The van der Waals surface area contributed by atoms with E-state index < -0.39 is 0 Å². The largest absolute Gasteiger partial charge is 0.457 e. The second-order valence-corrected chi connectivity index (χ2v) is 9.96. The van der Waals surface area contributed by atoms with Crippen LogP contribution in [0.1, 0.15) is 37.3 Å². The normalized spacial score (nSPS) is 32.5. The molecular formula is C27H27NO3. The first-order valence-corrected chi connectivity index (χ1v) is 11.4. The minimum absolute atomic E-state index is 0.0193. The molecule has 2 saturated carbocycles. The second-order valence-electron chi connectivity index (χ2n) is 9.96. The van der Waals surface area contributed by atoms with Crippen molar-refractivity contribution >= 4 is 17.5 Å². The van der Waals surface area contributed by atoms with Crippen LogP contribution in [0.4, 0.5) is 5.69 Å². The molecule has 1 aliphatic heterocycles. The van der Waals surface area contributed by atoms with Gasteiger partial charge in [-0.25, -0.2) is 0 Å². The van der Waals surface area contributed by atoms with E-state index >= 15 is 0 Å². The Balaban J connectivity index is 1.26. The topological polar surface area (TPSA) is 46.6 Å². The molecule has 6 atom stereocenters. The SMILES string of the molecule is Cc1ccc(C(C)C)c(Oc2ccc(N3C(=O)[C@@H]4[C@H]5C=C[C@@H]([C@@H]6C[C@H]56)[C@H]4C3=O)cc2)c1. The van der Waals surface area contributed by atoms with E-state index in [1.165, 1.54) is 11.3 Å². The number of hydrogen-bond donors (Lipinski definition) is 0. The highest BCUT2D eigenvalue weighted by Crippen LogP contribution is 2.65. The van der Waals surface area contributed by atoms with Crippen LogP contribution < -0.4 is 9.64 Å². The van der Waals surface area contributed by atoms with Gasteiger partial charge in [-0.3, -0.25) is 14.5 Å². The number of amides is 2. The number of aryl methyl sites for hydroxylation is 1. The summed E-state index contributed by atoms with van der Waals surface area (Å²) in [6.07, 6.45) is 5.60. The Morgan fingerprint density at radius 1 is 0.903 bits per heavy atom. The van der Waals surface area contributed by atoms with Gasteiger partial charge in [0.2, 0.25) is 11.8 Å². The second kappa shape index (κ2) is 6.56. The number of imide groups is 1. The summed E-state index contributed by atoms with van der Waals surface area (Å²) in [7, 11) is 0. The van der Waals surface area contributed by atoms with E-state index in [-0.39, 0.29) is 35.5 Å². The van der Waals surface area contributed by atoms with Gasteiger partial charge in [-0.1, -0.05) is 38.1 Å². The van der Waals surface area contributed by atoms with E-state index in [0.29, 0.717) is 29.2 Å². The molecule has 4 nitrogen and oxygen atoms in total. The Bertz CT molecular complexity index is 1080. The molecule has 4 aliphatic carbocycles. The fourth-order valence-electron chi connectivity index (χ4n) is 6.21. The number of hydrogen-bond acceptors (Lipinski definition) is 3. The van der Waals surface area contributed by atoms with Crippen molar-refractivity contribution in [2.45, 2.75) is 33.1 Å². The zero-order valence-corrected chi connectivity index (χ0v) is 18.1. The predicted molar refractivity (Wildman–Crippen MR) is 119 cm³/mol. The molecule has 0 spiro atoms. The van der Waals surface area contributed by atoms with Gasteiger partial charge in [-0.2, -0.15) is 0 Å². The average Bonchev–Trinajstić information content (AvgIpc) is 3.52. The van der Waals surface area contributed by atoms with Gasteiger partial charge in [0.25, 0.3) is 0 Å². The van der Waals surface area contributed by atoms with Gasteiger partial charge in [0.1, 0.15) is 11.5 Å². The Morgan fingerprint density at radius 3 is 2.10 bits per heavy atom. The monoisotopic (exact) mass is 413 g/mol. The van der Waals surface area contributed by atoms with Crippen LogP contribution in [0.2, 0.25) is 0 Å². The van der Waals surface area contributed by atoms with Gasteiger partial charge >= 0.3 is 0 Å². The van der Waals surface area contributed by atoms with Gasteiger partial charge in [0.05, 0.1) is 17.5 Å². The van der Waals surface area contributed by atoms with Gasteiger partial charge in [0, 0.05) is 0 Å². The van der Waals surface area contributed by atoms with Crippen LogP contribution in [-0.4, -0.2) is 11.8 Å². The molecule has 0 unspecified atom stereocenters. The van der Waals surface area contributed by atoms with E-state index in [1.807, 2.05) is 24.3 Å². The standard InChI is InChI=1S/C27H27NO3/c1-14(2)18-9-4-15(3)12-23(18)31-17-7-5-16(6-8-17)28-26(29)24-19-10-11-20(22-13-21(19)22)25(24)27(28)30/h4-12,14,19-22,24-25H,13H2,1-3H3/t19-,20-,21-,22+,24+,25+/m0/s1. The Hall–Kier alpha value is -2.88. The van der Waals surface area contributed by atoms with Crippen molar-refractivity contribution in [3.05, 3.63) is 65.7 Å². The fraction of sp³-hybridized carbons (Fsp3) is 0.407. The molecule has 5 aliphatic rings. The number of ether oxygens (including phenoxy) is 1. The molecule has 3 fully saturated rings. The lowest BCUT2D eigenvalue weighted by atomic mass is 9.63. The third-order valence-electron chi connectivity index (χ3n) is 7.78. The van der Waals surface area contributed by atoms with Gasteiger partial charge in [-0.15, -0.1) is 0 Å². The molecule has 31 heavy (non-hydrogen) atoms. The maximum absolute atomic E-state index is 13.3. The predicted octanol–water partition coefficient (Wildman–Crippen LogP) is 5.47. The summed E-state index contributed by atoms with van der Waals surface area (Å²) in [5.74, 6) is 3.28. The third-order valence-corrected chi connectivity index (χ3v) is 7.78. The molecule has 7 rings (SSSR count). The van der Waals surface area contributed by atoms with E-state index in [1.54, 1.807) is 0 Å². The van der Waals surface area contributed by atoms with E-state index in [2.05, 4.69) is 51.1 Å². The van der Waals surface area contributed by atoms with Crippen LogP contribution >= 0.6 is 0 Å². The van der Waals surface area contributed by atoms with Crippen molar-refractivity contribution in [1.29, 1.82) is 0 Å². The number of nitrogens with zero attached hydrogens (tertiary/aromatic N) is 1. The quantitative estimate of drug-likeness (QED) is 0.493. The average molecular weight is 414 g/mol. The highest BCUT2D eigenvalue weighted by Gasteiger charge is 2.67. The lowest BCUT2D eigenvalue weighted by Gasteiger charge is -2.37. The Kier molecular flexibility index (Phi) is 3.99. The molecule has 1 heterocycles. The molecule has 0 N–H and O–H groups in total. The maximum Gasteiger partial charge on any atom is 0.238 e. The summed E-state index contributed by atoms with van der Waals surface area (Å²) in [5.41, 5.74) is 2.96. The highest BCUT2D eigenvalue weighted by molar-refractivity contribution is 6.22.